The fourth-order valence-corrected chi connectivity index (χ4v) is 3.46. The Balaban J connectivity index is 1.72. The Bertz CT molecular complexity index is 536. The van der Waals surface area contributed by atoms with E-state index in [1.807, 2.05) is 18.2 Å². The second-order valence-corrected chi connectivity index (χ2v) is 6.88. The van der Waals surface area contributed by atoms with Crippen molar-refractivity contribution in [2.45, 2.75) is 6.42 Å². The SMILES string of the molecule is NCCN(CCc1ccccc1)C(=O)CSCC(=O)N1CCOCC1. The van der Waals surface area contributed by atoms with Crippen LogP contribution in [0.5, 0.6) is 0 Å². The van der Waals surface area contributed by atoms with Crippen molar-refractivity contribution in [3.8, 4) is 0 Å². The number of nitrogens with two attached hydrogens (primary N) is 1. The van der Waals surface area contributed by atoms with Gasteiger partial charge in [-0.05, 0) is 12.0 Å². The van der Waals surface area contributed by atoms with Gasteiger partial charge in [0.15, 0.2) is 0 Å². The van der Waals surface area contributed by atoms with Crippen LogP contribution in [0.3, 0.4) is 0 Å². The highest BCUT2D eigenvalue weighted by Gasteiger charge is 2.18. The molecule has 1 aliphatic rings. The van der Waals surface area contributed by atoms with E-state index < -0.39 is 0 Å². The van der Waals surface area contributed by atoms with E-state index in [1.54, 1.807) is 9.80 Å². The van der Waals surface area contributed by atoms with E-state index in [4.69, 9.17) is 10.5 Å². The van der Waals surface area contributed by atoms with Gasteiger partial charge in [0.1, 0.15) is 0 Å². The van der Waals surface area contributed by atoms with E-state index in [0.717, 1.165) is 6.42 Å². The number of amides is 2. The predicted octanol–water partition coefficient (Wildman–Crippen LogP) is 0.608. The molecule has 0 unspecified atom stereocenters. The molecule has 1 fully saturated rings. The molecule has 0 aromatic heterocycles. The van der Waals surface area contributed by atoms with E-state index in [0.29, 0.717) is 57.4 Å². The van der Waals surface area contributed by atoms with Gasteiger partial charge in [0.05, 0.1) is 24.7 Å². The molecule has 0 radical (unpaired) electrons. The van der Waals surface area contributed by atoms with E-state index in [-0.39, 0.29) is 11.8 Å². The topological polar surface area (TPSA) is 75.9 Å². The smallest absolute Gasteiger partial charge is 0.232 e. The highest BCUT2D eigenvalue weighted by atomic mass is 32.2. The first-order valence-electron chi connectivity index (χ1n) is 8.65. The van der Waals surface area contributed by atoms with Crippen LogP contribution in [-0.4, -0.2) is 79.1 Å². The number of ether oxygens (including phenoxy) is 1. The summed E-state index contributed by atoms with van der Waals surface area (Å²) in [5.41, 5.74) is 6.84. The van der Waals surface area contributed by atoms with Crippen molar-refractivity contribution < 1.29 is 14.3 Å². The lowest BCUT2D eigenvalue weighted by Crippen LogP contribution is -2.42. The summed E-state index contributed by atoms with van der Waals surface area (Å²) in [6.45, 7) is 4.12. The molecule has 25 heavy (non-hydrogen) atoms. The van der Waals surface area contributed by atoms with Gasteiger partial charge in [0.25, 0.3) is 0 Å². The molecular formula is C18H27N3O3S. The zero-order valence-electron chi connectivity index (χ0n) is 14.6. The van der Waals surface area contributed by atoms with Gasteiger partial charge in [0.2, 0.25) is 11.8 Å². The Labute approximate surface area is 153 Å². The average Bonchev–Trinajstić information content (AvgIpc) is 2.66. The standard InChI is InChI=1S/C18H27N3O3S/c19-7-9-20(8-6-16-4-2-1-3-5-16)17(22)14-25-15-18(23)21-10-12-24-13-11-21/h1-5H,6-15,19H2. The maximum Gasteiger partial charge on any atom is 0.232 e. The molecule has 0 bridgehead atoms. The van der Waals surface area contributed by atoms with E-state index in [2.05, 4.69) is 12.1 Å². The summed E-state index contributed by atoms with van der Waals surface area (Å²) < 4.78 is 5.24. The quantitative estimate of drug-likeness (QED) is 0.694. The summed E-state index contributed by atoms with van der Waals surface area (Å²) in [6.07, 6.45) is 0.809. The lowest BCUT2D eigenvalue weighted by Gasteiger charge is -2.27. The molecule has 1 saturated heterocycles. The number of hydrogen-bond acceptors (Lipinski definition) is 5. The van der Waals surface area contributed by atoms with E-state index in [1.165, 1.54) is 17.3 Å². The fraction of sp³-hybridized carbons (Fsp3) is 0.556. The first-order valence-corrected chi connectivity index (χ1v) is 9.81. The normalized spacial score (nSPS) is 14.4. The number of nitrogens with zero attached hydrogens (tertiary/aromatic N) is 2. The Hall–Kier alpha value is -1.57. The van der Waals surface area contributed by atoms with Crippen molar-refractivity contribution in [2.75, 3.05) is 57.4 Å². The number of rotatable bonds is 9. The first-order chi connectivity index (χ1) is 12.2. The number of benzene rings is 1. The molecule has 1 aromatic carbocycles. The molecule has 2 N–H and O–H groups in total. The lowest BCUT2D eigenvalue weighted by atomic mass is 10.1. The van der Waals surface area contributed by atoms with Gasteiger partial charge in [-0.2, -0.15) is 0 Å². The number of thioether (sulfide) groups is 1. The third kappa shape index (κ3) is 7.05. The van der Waals surface area contributed by atoms with Crippen molar-refractivity contribution in [3.63, 3.8) is 0 Å². The summed E-state index contributed by atoms with van der Waals surface area (Å²) >= 11 is 1.37. The van der Waals surface area contributed by atoms with Gasteiger partial charge in [-0.1, -0.05) is 30.3 Å². The van der Waals surface area contributed by atoms with E-state index in [9.17, 15) is 9.59 Å². The van der Waals surface area contributed by atoms with Gasteiger partial charge in [-0.15, -0.1) is 11.8 Å². The number of carbonyl (C=O) groups excluding carboxylic acids is 2. The third-order valence-electron chi connectivity index (χ3n) is 4.08. The van der Waals surface area contributed by atoms with Gasteiger partial charge in [0, 0.05) is 32.7 Å². The minimum atomic E-state index is 0.0427. The van der Waals surface area contributed by atoms with Crippen molar-refractivity contribution in [2.24, 2.45) is 5.73 Å². The van der Waals surface area contributed by atoms with Crippen LogP contribution in [0.25, 0.3) is 0 Å². The molecule has 0 aliphatic carbocycles. The average molecular weight is 365 g/mol. The van der Waals surface area contributed by atoms with Gasteiger partial charge in [-0.3, -0.25) is 9.59 Å². The van der Waals surface area contributed by atoms with Gasteiger partial charge < -0.3 is 20.3 Å². The van der Waals surface area contributed by atoms with Crippen LogP contribution < -0.4 is 5.73 Å². The molecular weight excluding hydrogens is 338 g/mol. The second-order valence-electron chi connectivity index (χ2n) is 5.89. The number of morpholine rings is 1. The maximum atomic E-state index is 12.4. The largest absolute Gasteiger partial charge is 0.378 e. The first kappa shape index (κ1) is 19.8. The Morgan fingerprint density at radius 3 is 2.52 bits per heavy atom. The Kier molecular flexibility index (Phi) is 8.79. The predicted molar refractivity (Wildman–Crippen MR) is 101 cm³/mol. The molecule has 0 atom stereocenters. The fourth-order valence-electron chi connectivity index (χ4n) is 2.65. The Morgan fingerprint density at radius 1 is 1.12 bits per heavy atom. The van der Waals surface area contributed by atoms with Crippen LogP contribution in [0.2, 0.25) is 0 Å². The van der Waals surface area contributed by atoms with Crippen molar-refractivity contribution in [3.05, 3.63) is 35.9 Å². The highest BCUT2D eigenvalue weighted by Crippen LogP contribution is 2.08. The van der Waals surface area contributed by atoms with Crippen LogP contribution in [0.1, 0.15) is 5.56 Å². The summed E-state index contributed by atoms with van der Waals surface area (Å²) in [6, 6.07) is 10.1. The molecule has 2 rings (SSSR count). The monoisotopic (exact) mass is 365 g/mol. The molecule has 1 aliphatic heterocycles. The molecule has 0 saturated carbocycles. The molecule has 2 amide bonds. The van der Waals surface area contributed by atoms with Crippen LogP contribution >= 0.6 is 11.8 Å². The molecule has 1 heterocycles. The molecule has 0 spiro atoms. The summed E-state index contributed by atoms with van der Waals surface area (Å²) in [5.74, 6) is 0.767. The lowest BCUT2D eigenvalue weighted by molar-refractivity contribution is -0.132. The van der Waals surface area contributed by atoms with Crippen LogP contribution in [0.4, 0.5) is 0 Å². The van der Waals surface area contributed by atoms with Crippen LogP contribution in [0, 0.1) is 0 Å². The van der Waals surface area contributed by atoms with Crippen LogP contribution in [-0.2, 0) is 20.7 Å². The molecule has 138 valence electrons. The minimum absolute atomic E-state index is 0.0427. The summed E-state index contributed by atoms with van der Waals surface area (Å²) in [5, 5.41) is 0. The minimum Gasteiger partial charge on any atom is -0.378 e. The molecule has 7 heteroatoms. The van der Waals surface area contributed by atoms with Crippen molar-refractivity contribution in [1.82, 2.24) is 9.80 Å². The Morgan fingerprint density at radius 2 is 1.84 bits per heavy atom. The van der Waals surface area contributed by atoms with Crippen LogP contribution in [0.15, 0.2) is 30.3 Å². The summed E-state index contributed by atoms with van der Waals surface area (Å²) in [4.78, 5) is 28.1. The zero-order valence-corrected chi connectivity index (χ0v) is 15.4. The molecule has 1 aromatic rings. The molecule has 6 nitrogen and oxygen atoms in total. The number of hydrogen-bond donors (Lipinski definition) is 1. The third-order valence-corrected chi connectivity index (χ3v) is 4.98. The number of carbonyl (C=O) groups is 2. The van der Waals surface area contributed by atoms with Crippen molar-refractivity contribution in [1.29, 1.82) is 0 Å². The maximum absolute atomic E-state index is 12.4. The zero-order chi connectivity index (χ0) is 17.9. The highest BCUT2D eigenvalue weighted by molar-refractivity contribution is 8.00. The summed E-state index contributed by atoms with van der Waals surface area (Å²) in [7, 11) is 0. The van der Waals surface area contributed by atoms with Gasteiger partial charge in [-0.25, -0.2) is 0 Å². The second kappa shape index (κ2) is 11.1. The van der Waals surface area contributed by atoms with Crippen molar-refractivity contribution >= 4 is 23.6 Å². The van der Waals surface area contributed by atoms with E-state index >= 15 is 0 Å². The van der Waals surface area contributed by atoms with Gasteiger partial charge >= 0.3 is 0 Å².